The van der Waals surface area contributed by atoms with Crippen LogP contribution in [0.3, 0.4) is 0 Å². The van der Waals surface area contributed by atoms with Gasteiger partial charge in [0.2, 0.25) is 0 Å². The summed E-state index contributed by atoms with van der Waals surface area (Å²) < 4.78 is 0. The first kappa shape index (κ1) is 9.19. The Labute approximate surface area is 72.4 Å². The molecule has 68 valence electrons. The van der Waals surface area contributed by atoms with Crippen LogP contribution in [0.1, 0.15) is 20.8 Å². The number of aliphatic hydroxyl groups excluding tert-OH is 1. The lowest BCUT2D eigenvalue weighted by molar-refractivity contribution is 0.306. The van der Waals surface area contributed by atoms with Gasteiger partial charge >= 0.3 is 0 Å². The molecule has 1 heterocycles. The standard InChI is InChI=1S/C8H15N3O/c1-6-7(9-4-5-12)11-8(2,3)10-6/h12H,4-5H2,1-3H3,(H,9,11). The second kappa shape index (κ2) is 3.23. The van der Waals surface area contributed by atoms with E-state index in [4.69, 9.17) is 5.11 Å². The average Bonchev–Trinajstić information content (AvgIpc) is 2.20. The van der Waals surface area contributed by atoms with E-state index in [0.29, 0.717) is 6.54 Å². The van der Waals surface area contributed by atoms with Crippen molar-refractivity contribution in [3.05, 3.63) is 0 Å². The number of nitrogens with zero attached hydrogens (tertiary/aromatic N) is 2. The molecule has 0 amide bonds. The van der Waals surface area contributed by atoms with Crippen LogP contribution < -0.4 is 5.32 Å². The van der Waals surface area contributed by atoms with Gasteiger partial charge in [0.1, 0.15) is 11.5 Å². The average molecular weight is 169 g/mol. The summed E-state index contributed by atoms with van der Waals surface area (Å²) in [5, 5.41) is 11.7. The third-order valence-electron chi connectivity index (χ3n) is 1.58. The SMILES string of the molecule is CC1=NC(C)(C)NC1=NCCO. The molecule has 0 saturated heterocycles. The highest BCUT2D eigenvalue weighted by molar-refractivity contribution is 6.42. The third kappa shape index (κ3) is 2.04. The van der Waals surface area contributed by atoms with Crippen molar-refractivity contribution < 1.29 is 5.11 Å². The maximum absolute atomic E-state index is 8.57. The molecule has 0 bridgehead atoms. The Bertz CT molecular complexity index is 230. The zero-order chi connectivity index (χ0) is 9.19. The summed E-state index contributed by atoms with van der Waals surface area (Å²) >= 11 is 0. The molecular weight excluding hydrogens is 154 g/mol. The van der Waals surface area contributed by atoms with Gasteiger partial charge in [-0.15, -0.1) is 0 Å². The van der Waals surface area contributed by atoms with E-state index in [1.165, 1.54) is 0 Å². The normalized spacial score (nSPS) is 24.0. The van der Waals surface area contributed by atoms with Gasteiger partial charge in [0.05, 0.1) is 18.9 Å². The summed E-state index contributed by atoms with van der Waals surface area (Å²) in [7, 11) is 0. The van der Waals surface area contributed by atoms with E-state index in [2.05, 4.69) is 15.3 Å². The highest BCUT2D eigenvalue weighted by atomic mass is 16.3. The van der Waals surface area contributed by atoms with Crippen LogP contribution >= 0.6 is 0 Å². The fraction of sp³-hybridized carbons (Fsp3) is 0.750. The Kier molecular flexibility index (Phi) is 2.47. The maximum atomic E-state index is 8.57. The Morgan fingerprint density at radius 2 is 2.25 bits per heavy atom. The smallest absolute Gasteiger partial charge is 0.144 e. The van der Waals surface area contributed by atoms with E-state index in [0.717, 1.165) is 11.5 Å². The molecule has 4 heteroatoms. The molecule has 1 aliphatic heterocycles. The molecule has 0 aliphatic carbocycles. The molecule has 0 fully saturated rings. The molecule has 0 aromatic carbocycles. The van der Waals surface area contributed by atoms with E-state index in [-0.39, 0.29) is 12.3 Å². The summed E-state index contributed by atoms with van der Waals surface area (Å²) in [6.45, 7) is 6.40. The highest BCUT2D eigenvalue weighted by Crippen LogP contribution is 2.11. The predicted molar refractivity (Wildman–Crippen MR) is 49.7 cm³/mol. The van der Waals surface area contributed by atoms with Gasteiger partial charge in [-0.25, -0.2) is 0 Å². The van der Waals surface area contributed by atoms with Gasteiger partial charge in [0, 0.05) is 0 Å². The number of nitrogens with one attached hydrogen (secondary N) is 1. The number of hydrogen-bond acceptors (Lipinski definition) is 3. The second-order valence-electron chi connectivity index (χ2n) is 3.34. The summed E-state index contributed by atoms with van der Waals surface area (Å²) in [6.07, 6.45) is 0. The van der Waals surface area contributed by atoms with Gasteiger partial charge in [-0.2, -0.15) is 0 Å². The first-order chi connectivity index (χ1) is 5.55. The van der Waals surface area contributed by atoms with Crippen molar-refractivity contribution in [3.8, 4) is 0 Å². The number of rotatable bonds is 2. The predicted octanol–water partition coefficient (Wildman–Crippen LogP) is 0.177. The Hall–Kier alpha value is -0.900. The lowest BCUT2D eigenvalue weighted by atomic mass is 10.3. The van der Waals surface area contributed by atoms with Crippen LogP contribution in [0.15, 0.2) is 9.98 Å². The van der Waals surface area contributed by atoms with Crippen LogP contribution in [0, 0.1) is 0 Å². The number of amidine groups is 1. The van der Waals surface area contributed by atoms with Gasteiger partial charge in [-0.3, -0.25) is 9.98 Å². The molecule has 0 aromatic rings. The minimum absolute atomic E-state index is 0.0822. The largest absolute Gasteiger partial charge is 0.394 e. The molecule has 1 aliphatic rings. The van der Waals surface area contributed by atoms with Crippen LogP contribution in [-0.4, -0.2) is 35.5 Å². The fourth-order valence-corrected chi connectivity index (χ4v) is 1.20. The molecule has 2 N–H and O–H groups in total. The van der Waals surface area contributed by atoms with Crippen molar-refractivity contribution in [2.45, 2.75) is 26.4 Å². The third-order valence-corrected chi connectivity index (χ3v) is 1.58. The summed E-state index contributed by atoms with van der Waals surface area (Å²) in [5.74, 6) is 0.800. The molecule has 0 saturated carbocycles. The van der Waals surface area contributed by atoms with Crippen molar-refractivity contribution in [2.24, 2.45) is 9.98 Å². The van der Waals surface area contributed by atoms with Gasteiger partial charge < -0.3 is 10.4 Å². The van der Waals surface area contributed by atoms with Crippen molar-refractivity contribution >= 4 is 11.5 Å². The summed E-state index contributed by atoms with van der Waals surface area (Å²) in [6, 6.07) is 0. The first-order valence-electron chi connectivity index (χ1n) is 4.05. The highest BCUT2D eigenvalue weighted by Gasteiger charge is 2.25. The summed E-state index contributed by atoms with van der Waals surface area (Å²) in [5.41, 5.74) is 0.673. The Morgan fingerprint density at radius 3 is 2.67 bits per heavy atom. The van der Waals surface area contributed by atoms with Crippen LogP contribution in [0.2, 0.25) is 0 Å². The fourth-order valence-electron chi connectivity index (χ4n) is 1.20. The van der Waals surface area contributed by atoms with E-state index in [9.17, 15) is 0 Å². The molecule has 0 aromatic heterocycles. The zero-order valence-electron chi connectivity index (χ0n) is 7.76. The van der Waals surface area contributed by atoms with Crippen molar-refractivity contribution in [1.82, 2.24) is 5.32 Å². The van der Waals surface area contributed by atoms with Crippen molar-refractivity contribution in [2.75, 3.05) is 13.2 Å². The second-order valence-corrected chi connectivity index (χ2v) is 3.34. The monoisotopic (exact) mass is 169 g/mol. The maximum Gasteiger partial charge on any atom is 0.144 e. The van der Waals surface area contributed by atoms with Crippen LogP contribution in [0.5, 0.6) is 0 Å². The van der Waals surface area contributed by atoms with E-state index >= 15 is 0 Å². The number of aliphatic hydroxyl groups is 1. The van der Waals surface area contributed by atoms with E-state index in [1.54, 1.807) is 0 Å². The van der Waals surface area contributed by atoms with Gasteiger partial charge in [0.25, 0.3) is 0 Å². The molecule has 0 spiro atoms. The van der Waals surface area contributed by atoms with Crippen LogP contribution in [0.25, 0.3) is 0 Å². The van der Waals surface area contributed by atoms with Crippen LogP contribution in [0.4, 0.5) is 0 Å². The molecule has 0 atom stereocenters. The Morgan fingerprint density at radius 1 is 1.58 bits per heavy atom. The lowest BCUT2D eigenvalue weighted by Gasteiger charge is -2.14. The zero-order valence-corrected chi connectivity index (χ0v) is 7.76. The number of hydrogen-bond donors (Lipinski definition) is 2. The molecule has 0 unspecified atom stereocenters. The topological polar surface area (TPSA) is 57.0 Å². The molecular formula is C8H15N3O. The van der Waals surface area contributed by atoms with Crippen molar-refractivity contribution in [3.63, 3.8) is 0 Å². The van der Waals surface area contributed by atoms with E-state index < -0.39 is 0 Å². The first-order valence-corrected chi connectivity index (χ1v) is 4.05. The molecule has 1 rings (SSSR count). The minimum atomic E-state index is -0.238. The minimum Gasteiger partial charge on any atom is -0.394 e. The molecule has 12 heavy (non-hydrogen) atoms. The van der Waals surface area contributed by atoms with Crippen LogP contribution in [-0.2, 0) is 0 Å². The molecule has 0 radical (unpaired) electrons. The van der Waals surface area contributed by atoms with Crippen molar-refractivity contribution in [1.29, 1.82) is 0 Å². The molecule has 4 nitrogen and oxygen atoms in total. The number of aliphatic imine (C=N–C) groups is 2. The lowest BCUT2D eigenvalue weighted by Crippen LogP contribution is -2.36. The van der Waals surface area contributed by atoms with Gasteiger partial charge in [-0.1, -0.05) is 0 Å². The quantitative estimate of drug-likeness (QED) is 0.619. The Balaban J connectivity index is 2.68. The van der Waals surface area contributed by atoms with Gasteiger partial charge in [-0.05, 0) is 20.8 Å². The van der Waals surface area contributed by atoms with E-state index in [1.807, 2.05) is 20.8 Å². The summed E-state index contributed by atoms with van der Waals surface area (Å²) in [4.78, 5) is 8.49. The van der Waals surface area contributed by atoms with Gasteiger partial charge in [0.15, 0.2) is 0 Å².